The van der Waals surface area contributed by atoms with Crippen molar-refractivity contribution in [2.24, 2.45) is 5.41 Å². The average Bonchev–Trinajstić information content (AvgIpc) is 2.54. The van der Waals surface area contributed by atoms with Crippen molar-refractivity contribution in [2.45, 2.75) is 27.2 Å². The van der Waals surface area contributed by atoms with Crippen LogP contribution in [-0.4, -0.2) is 24.6 Å². The number of nitrogens with one attached hydrogen (secondary N) is 1. The Labute approximate surface area is 144 Å². The van der Waals surface area contributed by atoms with Crippen LogP contribution in [0.3, 0.4) is 0 Å². The fourth-order valence-electron chi connectivity index (χ4n) is 1.76. The number of ether oxygens (including phenoxy) is 2. The van der Waals surface area contributed by atoms with Crippen molar-refractivity contribution in [3.63, 3.8) is 0 Å². The minimum atomic E-state index is -0.644. The molecular formula is C17H19NO5S. The van der Waals surface area contributed by atoms with Gasteiger partial charge in [0.15, 0.2) is 0 Å². The second kappa shape index (κ2) is 7.53. The van der Waals surface area contributed by atoms with Gasteiger partial charge in [0.05, 0.1) is 11.0 Å². The fraction of sp³-hybridized carbons (Fsp3) is 0.353. The lowest BCUT2D eigenvalue weighted by Gasteiger charge is -2.16. The topological polar surface area (TPSA) is 81.7 Å². The second-order valence-electron chi connectivity index (χ2n) is 6.21. The van der Waals surface area contributed by atoms with Gasteiger partial charge in [-0.25, -0.2) is 4.79 Å². The predicted octanol–water partition coefficient (Wildman–Crippen LogP) is 2.90. The number of carbonyl (C=O) groups excluding carboxylic acids is 3. The number of hydrogen-bond acceptors (Lipinski definition) is 6. The van der Waals surface area contributed by atoms with Crippen molar-refractivity contribution >= 4 is 34.7 Å². The molecule has 1 aliphatic rings. The molecular weight excluding hydrogens is 330 g/mol. The molecule has 1 aromatic rings. The minimum absolute atomic E-state index is 0.0336. The highest BCUT2D eigenvalue weighted by atomic mass is 32.2. The Hall–Kier alpha value is -2.28. The molecule has 6 nitrogen and oxygen atoms in total. The lowest BCUT2D eigenvalue weighted by Crippen LogP contribution is -2.24. The van der Waals surface area contributed by atoms with E-state index < -0.39 is 24.1 Å². The molecule has 0 saturated carbocycles. The molecule has 0 radical (unpaired) electrons. The molecule has 2 rings (SSSR count). The normalized spacial score (nSPS) is 14.5. The van der Waals surface area contributed by atoms with E-state index in [0.29, 0.717) is 12.0 Å². The molecule has 1 amide bonds. The molecule has 1 aromatic carbocycles. The molecule has 0 atom stereocenters. The monoisotopic (exact) mass is 349 g/mol. The van der Waals surface area contributed by atoms with Gasteiger partial charge in [-0.05, 0) is 50.4 Å². The molecule has 1 aliphatic heterocycles. The standard InChI is InChI=1S/C17H19NO5S/c1-17(2,3)16(21)23-10-22-15(20)12-6-4-11(5-7-12)13-8-9-14(19)18-24-13/h4-8H,9-10H2,1-3H3,(H,18,19). The Balaban J connectivity index is 1.90. The van der Waals surface area contributed by atoms with E-state index in [0.717, 1.165) is 10.5 Å². The number of amides is 1. The van der Waals surface area contributed by atoms with Gasteiger partial charge in [-0.1, -0.05) is 18.2 Å². The van der Waals surface area contributed by atoms with E-state index in [4.69, 9.17) is 9.47 Å². The first-order valence-corrected chi connectivity index (χ1v) is 8.19. The molecule has 1 heterocycles. The first kappa shape index (κ1) is 18.1. The van der Waals surface area contributed by atoms with E-state index in [2.05, 4.69) is 4.72 Å². The van der Waals surface area contributed by atoms with E-state index in [1.54, 1.807) is 45.0 Å². The maximum Gasteiger partial charge on any atom is 0.340 e. The summed E-state index contributed by atoms with van der Waals surface area (Å²) in [5.41, 5.74) is 0.612. The fourth-order valence-corrected chi connectivity index (χ4v) is 2.49. The molecule has 7 heteroatoms. The van der Waals surface area contributed by atoms with Crippen LogP contribution in [0.15, 0.2) is 30.3 Å². The third-order valence-corrected chi connectivity index (χ3v) is 4.10. The average molecular weight is 349 g/mol. The predicted molar refractivity (Wildman–Crippen MR) is 90.6 cm³/mol. The smallest absolute Gasteiger partial charge is 0.340 e. The summed E-state index contributed by atoms with van der Waals surface area (Å²) in [5, 5.41) is 0. The Morgan fingerprint density at radius 2 is 1.83 bits per heavy atom. The van der Waals surface area contributed by atoms with Crippen molar-refractivity contribution in [2.75, 3.05) is 6.79 Å². The quantitative estimate of drug-likeness (QED) is 0.511. The zero-order chi connectivity index (χ0) is 17.7. The van der Waals surface area contributed by atoms with Gasteiger partial charge in [-0.15, -0.1) is 0 Å². The summed E-state index contributed by atoms with van der Waals surface area (Å²) in [5.74, 6) is -1.04. The number of hydrogen-bond donors (Lipinski definition) is 1. The van der Waals surface area contributed by atoms with Crippen molar-refractivity contribution in [1.82, 2.24) is 4.72 Å². The van der Waals surface area contributed by atoms with Crippen molar-refractivity contribution < 1.29 is 23.9 Å². The van der Waals surface area contributed by atoms with E-state index in [1.165, 1.54) is 11.9 Å². The van der Waals surface area contributed by atoms with Crippen LogP contribution in [0.5, 0.6) is 0 Å². The largest absolute Gasteiger partial charge is 0.427 e. The third-order valence-electron chi connectivity index (χ3n) is 3.15. The molecule has 1 N–H and O–H groups in total. The summed E-state index contributed by atoms with van der Waals surface area (Å²) in [7, 11) is 0. The van der Waals surface area contributed by atoms with Crippen molar-refractivity contribution in [1.29, 1.82) is 0 Å². The Morgan fingerprint density at radius 3 is 2.38 bits per heavy atom. The lowest BCUT2D eigenvalue weighted by atomic mass is 9.98. The van der Waals surface area contributed by atoms with Gasteiger partial charge in [0.25, 0.3) is 0 Å². The van der Waals surface area contributed by atoms with Crippen LogP contribution in [0, 0.1) is 5.41 Å². The highest BCUT2D eigenvalue weighted by molar-refractivity contribution is 8.07. The molecule has 0 unspecified atom stereocenters. The Bertz CT molecular complexity index is 673. The van der Waals surface area contributed by atoms with Gasteiger partial charge in [0.2, 0.25) is 12.7 Å². The van der Waals surface area contributed by atoms with Gasteiger partial charge >= 0.3 is 11.9 Å². The third kappa shape index (κ3) is 4.86. The first-order chi connectivity index (χ1) is 11.3. The second-order valence-corrected chi connectivity index (χ2v) is 7.06. The number of carbonyl (C=O) groups is 3. The Morgan fingerprint density at radius 1 is 1.17 bits per heavy atom. The van der Waals surface area contributed by atoms with E-state index in [1.807, 2.05) is 6.08 Å². The molecule has 24 heavy (non-hydrogen) atoms. The van der Waals surface area contributed by atoms with Crippen LogP contribution in [0.4, 0.5) is 0 Å². The summed E-state index contributed by atoms with van der Waals surface area (Å²) in [4.78, 5) is 35.5. The summed E-state index contributed by atoms with van der Waals surface area (Å²) < 4.78 is 12.5. The maximum absolute atomic E-state index is 11.9. The van der Waals surface area contributed by atoms with Crippen LogP contribution >= 0.6 is 11.9 Å². The van der Waals surface area contributed by atoms with Gasteiger partial charge in [-0.3, -0.25) is 14.3 Å². The lowest BCUT2D eigenvalue weighted by molar-refractivity contribution is -0.161. The summed E-state index contributed by atoms with van der Waals surface area (Å²) in [6.07, 6.45) is 2.17. The van der Waals surface area contributed by atoms with Crippen LogP contribution < -0.4 is 4.72 Å². The molecule has 0 saturated heterocycles. The summed E-state index contributed by atoms with van der Waals surface area (Å²) in [6.45, 7) is 4.74. The van der Waals surface area contributed by atoms with Crippen LogP contribution in [0.1, 0.15) is 43.1 Å². The number of esters is 2. The van der Waals surface area contributed by atoms with E-state index in [-0.39, 0.29) is 5.91 Å². The maximum atomic E-state index is 11.9. The Kier molecular flexibility index (Phi) is 5.66. The molecule has 0 bridgehead atoms. The van der Waals surface area contributed by atoms with Gasteiger partial charge in [0, 0.05) is 11.3 Å². The van der Waals surface area contributed by atoms with Gasteiger partial charge in [0.1, 0.15) is 0 Å². The van der Waals surface area contributed by atoms with E-state index in [9.17, 15) is 14.4 Å². The van der Waals surface area contributed by atoms with Crippen LogP contribution in [0.25, 0.3) is 4.91 Å². The molecule has 0 aromatic heterocycles. The van der Waals surface area contributed by atoms with Crippen LogP contribution in [0.2, 0.25) is 0 Å². The highest BCUT2D eigenvalue weighted by Crippen LogP contribution is 2.28. The molecule has 0 aliphatic carbocycles. The molecule has 128 valence electrons. The van der Waals surface area contributed by atoms with Crippen molar-refractivity contribution in [3.8, 4) is 0 Å². The summed E-state index contributed by atoms with van der Waals surface area (Å²) in [6, 6.07) is 6.80. The highest BCUT2D eigenvalue weighted by Gasteiger charge is 2.23. The molecule has 0 fully saturated rings. The molecule has 0 spiro atoms. The number of rotatable bonds is 4. The first-order valence-electron chi connectivity index (χ1n) is 7.38. The van der Waals surface area contributed by atoms with Gasteiger partial charge in [-0.2, -0.15) is 0 Å². The van der Waals surface area contributed by atoms with Crippen molar-refractivity contribution in [3.05, 3.63) is 41.5 Å². The zero-order valence-corrected chi connectivity index (χ0v) is 14.6. The SMILES string of the molecule is CC(C)(C)C(=O)OCOC(=O)c1ccc(C2=CCC(=O)NS2)cc1. The summed E-state index contributed by atoms with van der Waals surface area (Å²) >= 11 is 1.25. The number of benzene rings is 1. The van der Waals surface area contributed by atoms with E-state index >= 15 is 0 Å². The van der Waals surface area contributed by atoms with Gasteiger partial charge < -0.3 is 9.47 Å². The zero-order valence-electron chi connectivity index (χ0n) is 13.8. The minimum Gasteiger partial charge on any atom is -0.427 e. The van der Waals surface area contributed by atoms with Crippen LogP contribution in [-0.2, 0) is 19.1 Å².